The number of pyridine rings is 1. The van der Waals surface area contributed by atoms with Gasteiger partial charge in [0.25, 0.3) is 5.91 Å². The van der Waals surface area contributed by atoms with Gasteiger partial charge in [0.05, 0.1) is 0 Å². The molecule has 1 unspecified atom stereocenters. The van der Waals surface area contributed by atoms with E-state index in [0.29, 0.717) is 17.6 Å². The molecule has 0 saturated heterocycles. The molecule has 1 aromatic rings. The van der Waals surface area contributed by atoms with Crippen LogP contribution < -0.4 is 15.8 Å². The number of anilines is 1. The van der Waals surface area contributed by atoms with Crippen molar-refractivity contribution in [2.45, 2.75) is 38.8 Å². The Morgan fingerprint density at radius 3 is 2.88 bits per heavy atom. The average Bonchev–Trinajstić information content (AvgIpc) is 3.06. The highest BCUT2D eigenvalue weighted by atomic mass is 16.5. The van der Waals surface area contributed by atoms with Gasteiger partial charge in [0.15, 0.2) is 17.7 Å². The topological polar surface area (TPSA) is 77.2 Å². The second kappa shape index (κ2) is 4.61. The van der Waals surface area contributed by atoms with E-state index in [4.69, 9.17) is 10.5 Å². The van der Waals surface area contributed by atoms with Gasteiger partial charge in [-0.1, -0.05) is 0 Å². The molecule has 17 heavy (non-hydrogen) atoms. The normalized spacial score (nSPS) is 16.4. The van der Waals surface area contributed by atoms with Gasteiger partial charge in [-0.2, -0.15) is 0 Å². The quantitative estimate of drug-likeness (QED) is 0.816. The second-order valence-electron chi connectivity index (χ2n) is 4.38. The van der Waals surface area contributed by atoms with Gasteiger partial charge in [-0.3, -0.25) is 4.79 Å². The molecular weight excluding hydrogens is 218 g/mol. The molecule has 1 aliphatic carbocycles. The van der Waals surface area contributed by atoms with E-state index in [-0.39, 0.29) is 5.91 Å². The number of rotatable bonds is 4. The molecule has 0 radical (unpaired) electrons. The maximum absolute atomic E-state index is 11.7. The van der Waals surface area contributed by atoms with Crippen molar-refractivity contribution in [1.82, 2.24) is 10.3 Å². The fourth-order valence-corrected chi connectivity index (χ4v) is 1.45. The summed E-state index contributed by atoms with van der Waals surface area (Å²) in [5.74, 6) is 0.664. The number of nitrogens with zero attached hydrogens (tertiary/aromatic N) is 1. The minimum absolute atomic E-state index is 0.104. The molecular formula is C12H17N3O2. The van der Waals surface area contributed by atoms with E-state index in [1.165, 1.54) is 0 Å². The number of nitrogens with two attached hydrogens (primary N) is 1. The first kappa shape index (κ1) is 11.7. The largest absolute Gasteiger partial charge is 0.477 e. The number of hydrogen-bond donors (Lipinski definition) is 2. The minimum Gasteiger partial charge on any atom is -0.477 e. The summed E-state index contributed by atoms with van der Waals surface area (Å²) in [6.45, 7) is 3.56. The molecule has 1 amide bonds. The van der Waals surface area contributed by atoms with Crippen LogP contribution >= 0.6 is 0 Å². The number of carbonyl (C=O) groups excluding carboxylic acids is 1. The molecule has 0 aromatic carbocycles. The molecule has 0 spiro atoms. The zero-order valence-corrected chi connectivity index (χ0v) is 10.1. The molecule has 92 valence electrons. The number of amides is 1. The molecule has 0 aliphatic heterocycles. The number of hydrogen-bond acceptors (Lipinski definition) is 4. The van der Waals surface area contributed by atoms with Crippen molar-refractivity contribution in [3.05, 3.63) is 17.8 Å². The number of nitrogens with one attached hydrogen (secondary N) is 1. The van der Waals surface area contributed by atoms with Gasteiger partial charge in [0.2, 0.25) is 0 Å². The summed E-state index contributed by atoms with van der Waals surface area (Å²) in [5.41, 5.74) is 6.54. The van der Waals surface area contributed by atoms with Crippen molar-refractivity contribution < 1.29 is 9.53 Å². The Balaban J connectivity index is 1.96. The first-order valence-corrected chi connectivity index (χ1v) is 5.76. The molecule has 1 saturated carbocycles. The predicted molar refractivity (Wildman–Crippen MR) is 64.6 cm³/mol. The average molecular weight is 235 g/mol. The van der Waals surface area contributed by atoms with Gasteiger partial charge < -0.3 is 15.8 Å². The number of aromatic nitrogens is 1. The van der Waals surface area contributed by atoms with E-state index in [0.717, 1.165) is 18.5 Å². The van der Waals surface area contributed by atoms with E-state index < -0.39 is 6.10 Å². The van der Waals surface area contributed by atoms with Gasteiger partial charge in [-0.05, 0) is 38.8 Å². The first-order valence-electron chi connectivity index (χ1n) is 5.76. The van der Waals surface area contributed by atoms with Crippen LogP contribution in [0, 0.1) is 6.92 Å². The Hall–Kier alpha value is -1.78. The van der Waals surface area contributed by atoms with Crippen molar-refractivity contribution in [2.75, 3.05) is 5.73 Å². The number of carbonyl (C=O) groups is 1. The van der Waals surface area contributed by atoms with E-state index >= 15 is 0 Å². The van der Waals surface area contributed by atoms with Gasteiger partial charge in [-0.15, -0.1) is 0 Å². The molecule has 3 N–H and O–H groups in total. The zero-order valence-electron chi connectivity index (χ0n) is 10.1. The van der Waals surface area contributed by atoms with Crippen LogP contribution in [0.1, 0.15) is 25.5 Å². The van der Waals surface area contributed by atoms with Gasteiger partial charge in [-0.25, -0.2) is 4.98 Å². The van der Waals surface area contributed by atoms with E-state index in [1.54, 1.807) is 19.1 Å². The van der Waals surface area contributed by atoms with Crippen LogP contribution in [0.15, 0.2) is 12.1 Å². The Morgan fingerprint density at radius 1 is 1.59 bits per heavy atom. The van der Waals surface area contributed by atoms with Crippen LogP contribution in [0.4, 0.5) is 5.82 Å². The Kier molecular flexibility index (Phi) is 3.17. The predicted octanol–water partition coefficient (Wildman–Crippen LogP) is 1.02. The lowest BCUT2D eigenvalue weighted by Crippen LogP contribution is -2.37. The summed E-state index contributed by atoms with van der Waals surface area (Å²) in [5, 5.41) is 2.88. The highest BCUT2D eigenvalue weighted by Gasteiger charge is 2.26. The standard InChI is InChI=1S/C12H17N3O2/c1-7-3-6-10(11(13)14-7)17-8(2)12(16)15-9-4-5-9/h3,6,8-9H,4-5H2,1-2H3,(H2,13,14)(H,15,16). The van der Waals surface area contributed by atoms with E-state index in [1.807, 2.05) is 6.92 Å². The van der Waals surface area contributed by atoms with Crippen molar-refractivity contribution in [1.29, 1.82) is 0 Å². The first-order chi connectivity index (χ1) is 8.06. The second-order valence-corrected chi connectivity index (χ2v) is 4.38. The third kappa shape index (κ3) is 3.09. The lowest BCUT2D eigenvalue weighted by molar-refractivity contribution is -0.127. The fourth-order valence-electron chi connectivity index (χ4n) is 1.45. The van der Waals surface area contributed by atoms with E-state index in [2.05, 4.69) is 10.3 Å². The number of aryl methyl sites for hydroxylation is 1. The van der Waals surface area contributed by atoms with Crippen LogP contribution in [0.5, 0.6) is 5.75 Å². The lowest BCUT2D eigenvalue weighted by atomic mass is 10.3. The highest BCUT2D eigenvalue weighted by molar-refractivity contribution is 5.81. The Bertz CT molecular complexity index is 430. The summed E-state index contributed by atoms with van der Waals surface area (Å²) in [4.78, 5) is 15.8. The van der Waals surface area contributed by atoms with Crippen LogP contribution in [0.25, 0.3) is 0 Å². The monoisotopic (exact) mass is 235 g/mol. The van der Waals surface area contributed by atoms with Crippen molar-refractivity contribution in [3.8, 4) is 5.75 Å². The highest BCUT2D eigenvalue weighted by Crippen LogP contribution is 2.21. The molecule has 1 atom stereocenters. The van der Waals surface area contributed by atoms with Crippen LogP contribution in [-0.2, 0) is 4.79 Å². The maximum atomic E-state index is 11.7. The van der Waals surface area contributed by atoms with Crippen LogP contribution in [0.2, 0.25) is 0 Å². The lowest BCUT2D eigenvalue weighted by Gasteiger charge is -2.15. The van der Waals surface area contributed by atoms with Crippen molar-refractivity contribution in [3.63, 3.8) is 0 Å². The minimum atomic E-state index is -0.553. The Labute approximate surface area is 100 Å². The van der Waals surface area contributed by atoms with Gasteiger partial charge in [0, 0.05) is 11.7 Å². The third-order valence-corrected chi connectivity index (χ3v) is 2.62. The molecule has 1 aromatic heterocycles. The molecule has 1 fully saturated rings. The summed E-state index contributed by atoms with van der Waals surface area (Å²) in [6.07, 6.45) is 1.57. The summed E-state index contributed by atoms with van der Waals surface area (Å²) in [7, 11) is 0. The molecule has 2 rings (SSSR count). The molecule has 1 aliphatic rings. The van der Waals surface area contributed by atoms with E-state index in [9.17, 15) is 4.79 Å². The van der Waals surface area contributed by atoms with Crippen LogP contribution in [0.3, 0.4) is 0 Å². The van der Waals surface area contributed by atoms with Crippen molar-refractivity contribution in [2.24, 2.45) is 0 Å². The zero-order chi connectivity index (χ0) is 12.4. The van der Waals surface area contributed by atoms with Gasteiger partial charge >= 0.3 is 0 Å². The fraction of sp³-hybridized carbons (Fsp3) is 0.500. The summed E-state index contributed by atoms with van der Waals surface area (Å²) >= 11 is 0. The molecule has 5 heteroatoms. The smallest absolute Gasteiger partial charge is 0.260 e. The molecule has 5 nitrogen and oxygen atoms in total. The Morgan fingerprint density at radius 2 is 2.29 bits per heavy atom. The van der Waals surface area contributed by atoms with Gasteiger partial charge in [0.1, 0.15) is 0 Å². The number of nitrogen functional groups attached to an aromatic ring is 1. The molecule has 1 heterocycles. The summed E-state index contributed by atoms with van der Waals surface area (Å²) in [6, 6.07) is 3.87. The van der Waals surface area contributed by atoms with Crippen molar-refractivity contribution >= 4 is 11.7 Å². The van der Waals surface area contributed by atoms with Crippen LogP contribution in [-0.4, -0.2) is 23.0 Å². The maximum Gasteiger partial charge on any atom is 0.260 e. The number of ether oxygens (including phenoxy) is 1. The summed E-state index contributed by atoms with van der Waals surface area (Å²) < 4.78 is 5.49. The third-order valence-electron chi connectivity index (χ3n) is 2.62. The SMILES string of the molecule is Cc1ccc(OC(C)C(=O)NC2CC2)c(N)n1. The molecule has 0 bridgehead atoms.